The summed E-state index contributed by atoms with van der Waals surface area (Å²) < 4.78 is 26.4. The highest BCUT2D eigenvalue weighted by atomic mass is 19.2. The van der Waals surface area contributed by atoms with Gasteiger partial charge in [0.15, 0.2) is 11.6 Å². The molecule has 2 nitrogen and oxygen atoms in total. The van der Waals surface area contributed by atoms with Crippen molar-refractivity contribution in [1.82, 2.24) is 0 Å². The molecule has 0 aliphatic rings. The van der Waals surface area contributed by atoms with Crippen LogP contribution in [0.15, 0.2) is 12.1 Å². The number of halogens is 2. The Morgan fingerprint density at radius 2 is 2.07 bits per heavy atom. The Labute approximate surface area is 81.0 Å². The molecule has 0 amide bonds. The molecule has 0 heterocycles. The Kier molecular flexibility index (Phi) is 3.15. The third-order valence-corrected chi connectivity index (χ3v) is 2.02. The first-order chi connectivity index (χ1) is 6.57. The van der Waals surface area contributed by atoms with Crippen molar-refractivity contribution in [1.29, 1.82) is 5.26 Å². The number of aryl methyl sites for hydroxylation is 1. The van der Waals surface area contributed by atoms with Gasteiger partial charge in [0.1, 0.15) is 0 Å². The van der Waals surface area contributed by atoms with Crippen LogP contribution in [0, 0.1) is 29.9 Å². The lowest BCUT2D eigenvalue weighted by atomic mass is 10.0. The van der Waals surface area contributed by atoms with Crippen LogP contribution in [0.2, 0.25) is 0 Å². The van der Waals surface area contributed by atoms with Crippen LogP contribution in [0.1, 0.15) is 23.6 Å². The third kappa shape index (κ3) is 1.88. The lowest BCUT2D eigenvalue weighted by molar-refractivity contribution is 0.484. The molecule has 1 atom stereocenters. The van der Waals surface area contributed by atoms with E-state index in [2.05, 4.69) is 0 Å². The van der Waals surface area contributed by atoms with Crippen molar-refractivity contribution in [2.24, 2.45) is 5.73 Å². The predicted molar refractivity (Wildman–Crippen MR) is 48.3 cm³/mol. The molecule has 0 bridgehead atoms. The van der Waals surface area contributed by atoms with Gasteiger partial charge in [0.25, 0.3) is 0 Å². The minimum Gasteiger partial charge on any atom is -0.323 e. The highest BCUT2D eigenvalue weighted by Crippen LogP contribution is 2.21. The number of hydrogen-bond acceptors (Lipinski definition) is 2. The zero-order valence-electron chi connectivity index (χ0n) is 7.72. The minimum absolute atomic E-state index is 0.0284. The highest BCUT2D eigenvalue weighted by Gasteiger charge is 2.15. The monoisotopic (exact) mass is 196 g/mol. The molecule has 0 spiro atoms. The van der Waals surface area contributed by atoms with E-state index in [4.69, 9.17) is 11.0 Å². The van der Waals surface area contributed by atoms with Gasteiger partial charge in [-0.1, -0.05) is 12.1 Å². The van der Waals surface area contributed by atoms with E-state index in [1.165, 1.54) is 19.1 Å². The number of rotatable bonds is 2. The fourth-order valence-corrected chi connectivity index (χ4v) is 1.16. The quantitative estimate of drug-likeness (QED) is 0.788. The van der Waals surface area contributed by atoms with E-state index in [1.54, 1.807) is 0 Å². The van der Waals surface area contributed by atoms with Crippen LogP contribution in [-0.2, 0) is 0 Å². The second kappa shape index (κ2) is 4.16. The lowest BCUT2D eigenvalue weighted by Crippen LogP contribution is -2.12. The van der Waals surface area contributed by atoms with Gasteiger partial charge in [0, 0.05) is 11.6 Å². The van der Waals surface area contributed by atoms with Gasteiger partial charge in [0.05, 0.1) is 12.5 Å². The Morgan fingerprint density at radius 3 is 2.64 bits per heavy atom. The molecule has 0 radical (unpaired) electrons. The van der Waals surface area contributed by atoms with Crippen LogP contribution < -0.4 is 5.73 Å². The van der Waals surface area contributed by atoms with Crippen LogP contribution in [0.3, 0.4) is 0 Å². The van der Waals surface area contributed by atoms with Crippen molar-refractivity contribution in [3.05, 3.63) is 34.9 Å². The van der Waals surface area contributed by atoms with E-state index < -0.39 is 17.7 Å². The largest absolute Gasteiger partial charge is 0.323 e. The molecular formula is C10H10F2N2. The second-order valence-corrected chi connectivity index (χ2v) is 3.07. The standard InChI is InChI=1S/C10H10F2N2/c1-6-2-3-7(8(14)4-5-13)10(12)9(6)11/h2-3,8H,4,14H2,1H3/t8-/m0/s1. The summed E-state index contributed by atoms with van der Waals surface area (Å²) in [6.07, 6.45) is -0.0284. The van der Waals surface area contributed by atoms with E-state index in [9.17, 15) is 8.78 Å². The Balaban J connectivity index is 3.12. The summed E-state index contributed by atoms with van der Waals surface area (Å²) in [7, 11) is 0. The molecule has 0 aromatic heterocycles. The smallest absolute Gasteiger partial charge is 0.163 e. The number of benzene rings is 1. The first-order valence-corrected chi connectivity index (χ1v) is 4.15. The Hall–Kier alpha value is -1.47. The maximum Gasteiger partial charge on any atom is 0.163 e. The molecule has 14 heavy (non-hydrogen) atoms. The fourth-order valence-electron chi connectivity index (χ4n) is 1.16. The van der Waals surface area contributed by atoms with Gasteiger partial charge in [-0.25, -0.2) is 8.78 Å². The van der Waals surface area contributed by atoms with Crippen LogP contribution in [0.25, 0.3) is 0 Å². The molecule has 0 saturated carbocycles. The maximum atomic E-state index is 13.3. The van der Waals surface area contributed by atoms with Gasteiger partial charge in [0.2, 0.25) is 0 Å². The van der Waals surface area contributed by atoms with Crippen LogP contribution in [0.5, 0.6) is 0 Å². The average Bonchev–Trinajstić information content (AvgIpc) is 2.15. The summed E-state index contributed by atoms with van der Waals surface area (Å²) in [5, 5.41) is 8.37. The lowest BCUT2D eigenvalue weighted by Gasteiger charge is -2.10. The number of nitrogens with zero attached hydrogens (tertiary/aromatic N) is 1. The molecule has 4 heteroatoms. The van der Waals surface area contributed by atoms with Gasteiger partial charge in [-0.15, -0.1) is 0 Å². The zero-order chi connectivity index (χ0) is 10.7. The molecule has 0 aliphatic heterocycles. The number of hydrogen-bond donors (Lipinski definition) is 1. The summed E-state index contributed by atoms with van der Waals surface area (Å²) >= 11 is 0. The van der Waals surface area contributed by atoms with Crippen molar-refractivity contribution in [2.75, 3.05) is 0 Å². The molecule has 1 aromatic rings. The van der Waals surface area contributed by atoms with Gasteiger partial charge < -0.3 is 5.73 Å². The van der Waals surface area contributed by atoms with E-state index in [-0.39, 0.29) is 17.5 Å². The Morgan fingerprint density at radius 1 is 1.43 bits per heavy atom. The second-order valence-electron chi connectivity index (χ2n) is 3.07. The Bertz CT molecular complexity index is 382. The first kappa shape index (κ1) is 10.6. The van der Waals surface area contributed by atoms with Crippen molar-refractivity contribution in [2.45, 2.75) is 19.4 Å². The van der Waals surface area contributed by atoms with Crippen molar-refractivity contribution in [3.8, 4) is 6.07 Å². The van der Waals surface area contributed by atoms with E-state index in [0.29, 0.717) is 0 Å². The molecule has 2 N–H and O–H groups in total. The SMILES string of the molecule is Cc1ccc([C@@H](N)CC#N)c(F)c1F. The molecule has 0 aliphatic carbocycles. The average molecular weight is 196 g/mol. The summed E-state index contributed by atoms with van der Waals surface area (Å²) in [6, 6.07) is 3.91. The van der Waals surface area contributed by atoms with E-state index in [1.807, 2.05) is 6.07 Å². The van der Waals surface area contributed by atoms with Crippen LogP contribution in [0.4, 0.5) is 8.78 Å². The van der Waals surface area contributed by atoms with Gasteiger partial charge in [-0.3, -0.25) is 0 Å². The normalized spacial score (nSPS) is 12.2. The van der Waals surface area contributed by atoms with Crippen LogP contribution in [-0.4, -0.2) is 0 Å². The zero-order valence-corrected chi connectivity index (χ0v) is 7.72. The molecule has 0 saturated heterocycles. The summed E-state index contributed by atoms with van der Waals surface area (Å²) in [5.74, 6) is -1.84. The molecule has 0 fully saturated rings. The van der Waals surface area contributed by atoms with Crippen LogP contribution >= 0.6 is 0 Å². The van der Waals surface area contributed by atoms with Crippen molar-refractivity contribution < 1.29 is 8.78 Å². The van der Waals surface area contributed by atoms with Crippen molar-refractivity contribution in [3.63, 3.8) is 0 Å². The minimum atomic E-state index is -0.951. The predicted octanol–water partition coefficient (Wildman–Crippen LogP) is 2.19. The van der Waals surface area contributed by atoms with Crippen molar-refractivity contribution >= 4 is 0 Å². The van der Waals surface area contributed by atoms with Gasteiger partial charge in [-0.2, -0.15) is 5.26 Å². The van der Waals surface area contributed by atoms with Gasteiger partial charge >= 0.3 is 0 Å². The molecular weight excluding hydrogens is 186 g/mol. The third-order valence-electron chi connectivity index (χ3n) is 2.02. The summed E-state index contributed by atoms with van der Waals surface area (Å²) in [4.78, 5) is 0. The van der Waals surface area contributed by atoms with E-state index >= 15 is 0 Å². The van der Waals surface area contributed by atoms with E-state index in [0.717, 1.165) is 0 Å². The van der Waals surface area contributed by atoms with Gasteiger partial charge in [-0.05, 0) is 12.5 Å². The topological polar surface area (TPSA) is 49.8 Å². The summed E-state index contributed by atoms with van der Waals surface area (Å²) in [5.41, 5.74) is 5.78. The molecule has 1 aromatic carbocycles. The fraction of sp³-hybridized carbons (Fsp3) is 0.300. The molecule has 74 valence electrons. The summed E-state index contributed by atoms with van der Waals surface area (Å²) in [6.45, 7) is 1.47. The first-order valence-electron chi connectivity index (χ1n) is 4.15. The molecule has 1 rings (SSSR count). The highest BCUT2D eigenvalue weighted by molar-refractivity contribution is 5.28. The number of nitrogens with two attached hydrogens (primary N) is 1. The maximum absolute atomic E-state index is 13.3. The number of nitriles is 1. The molecule has 0 unspecified atom stereocenters.